The van der Waals surface area contributed by atoms with Crippen molar-refractivity contribution in [3.63, 3.8) is 0 Å². The van der Waals surface area contributed by atoms with Crippen LogP contribution in [0.25, 0.3) is 0 Å². The summed E-state index contributed by atoms with van der Waals surface area (Å²) in [5, 5.41) is 0. The number of rotatable bonds is 5. The molecule has 0 bridgehead atoms. The van der Waals surface area contributed by atoms with E-state index in [-0.39, 0.29) is 12.4 Å². The summed E-state index contributed by atoms with van der Waals surface area (Å²) in [4.78, 5) is 14.3. The lowest BCUT2D eigenvalue weighted by atomic mass is 10.1. The van der Waals surface area contributed by atoms with Gasteiger partial charge in [0.25, 0.3) is 0 Å². The Kier molecular flexibility index (Phi) is 4.45. The monoisotopic (exact) mass is 290 g/mol. The van der Waals surface area contributed by atoms with Gasteiger partial charge < -0.3 is 9.47 Å². The number of ketones is 1. The second kappa shape index (κ2) is 6.09. The zero-order chi connectivity index (χ0) is 14.7. The van der Waals surface area contributed by atoms with E-state index in [4.69, 9.17) is 9.47 Å². The van der Waals surface area contributed by atoms with Crippen molar-refractivity contribution in [2.45, 2.75) is 20.8 Å². The first-order valence-corrected chi connectivity index (χ1v) is 7.20. The molecule has 1 heterocycles. The van der Waals surface area contributed by atoms with Crippen LogP contribution in [-0.2, 0) is 0 Å². The molecule has 1 aromatic carbocycles. The number of Topliss-reactive ketones (excluding diaryl/α,β-unsaturated/α-hetero) is 1. The topological polar surface area (TPSA) is 35.5 Å². The van der Waals surface area contributed by atoms with Crippen LogP contribution in [0.5, 0.6) is 11.5 Å². The Morgan fingerprint density at radius 1 is 1.15 bits per heavy atom. The molecular weight excluding hydrogens is 272 g/mol. The van der Waals surface area contributed by atoms with E-state index >= 15 is 0 Å². The zero-order valence-electron chi connectivity index (χ0n) is 12.1. The van der Waals surface area contributed by atoms with E-state index in [1.54, 1.807) is 18.4 Å². The lowest BCUT2D eigenvalue weighted by Gasteiger charge is -2.10. The van der Waals surface area contributed by atoms with Crippen LogP contribution in [0.1, 0.15) is 25.7 Å². The molecule has 106 valence electrons. The number of methoxy groups -OCH3 is 1. The first kappa shape index (κ1) is 14.6. The van der Waals surface area contributed by atoms with Gasteiger partial charge in [-0.2, -0.15) is 0 Å². The third kappa shape index (κ3) is 3.20. The highest BCUT2D eigenvalue weighted by Crippen LogP contribution is 2.28. The summed E-state index contributed by atoms with van der Waals surface area (Å²) in [6.45, 7) is 5.96. The van der Waals surface area contributed by atoms with Gasteiger partial charge in [-0.15, -0.1) is 11.3 Å². The standard InChI is InChI=1S/C16H18O3S/c1-10-5-6-15(16(7-10)18-4)19-9-14(17)13-8-11(2)20-12(13)3/h5-8H,9H2,1-4H3. The first-order valence-electron chi connectivity index (χ1n) is 6.39. The summed E-state index contributed by atoms with van der Waals surface area (Å²) < 4.78 is 10.9. The van der Waals surface area contributed by atoms with Crippen LogP contribution in [0.2, 0.25) is 0 Å². The molecule has 0 fully saturated rings. The van der Waals surface area contributed by atoms with Gasteiger partial charge in [0.05, 0.1) is 7.11 Å². The van der Waals surface area contributed by atoms with Crippen LogP contribution in [0.15, 0.2) is 24.3 Å². The number of hydrogen-bond donors (Lipinski definition) is 0. The van der Waals surface area contributed by atoms with Gasteiger partial charge in [0, 0.05) is 15.3 Å². The first-order chi connectivity index (χ1) is 9.51. The van der Waals surface area contributed by atoms with Crippen LogP contribution in [0.4, 0.5) is 0 Å². The van der Waals surface area contributed by atoms with Crippen molar-refractivity contribution in [2.24, 2.45) is 0 Å². The van der Waals surface area contributed by atoms with Gasteiger partial charge in [0.2, 0.25) is 5.78 Å². The molecule has 2 rings (SSSR count). The smallest absolute Gasteiger partial charge is 0.201 e. The number of benzene rings is 1. The Morgan fingerprint density at radius 3 is 2.50 bits per heavy atom. The summed E-state index contributed by atoms with van der Waals surface area (Å²) in [6.07, 6.45) is 0. The minimum Gasteiger partial charge on any atom is -0.493 e. The van der Waals surface area contributed by atoms with Crippen molar-refractivity contribution in [2.75, 3.05) is 13.7 Å². The summed E-state index contributed by atoms with van der Waals surface area (Å²) in [5.41, 5.74) is 1.84. The summed E-state index contributed by atoms with van der Waals surface area (Å²) in [5.74, 6) is 1.24. The predicted octanol–water partition coefficient (Wildman–Crippen LogP) is 3.94. The van der Waals surface area contributed by atoms with Gasteiger partial charge in [-0.05, 0) is 44.5 Å². The lowest BCUT2D eigenvalue weighted by Crippen LogP contribution is -2.12. The van der Waals surface area contributed by atoms with E-state index in [9.17, 15) is 4.79 Å². The van der Waals surface area contributed by atoms with Crippen LogP contribution in [0, 0.1) is 20.8 Å². The third-order valence-electron chi connectivity index (χ3n) is 3.02. The predicted molar refractivity (Wildman–Crippen MR) is 81.3 cm³/mol. The van der Waals surface area contributed by atoms with E-state index in [1.165, 1.54) is 0 Å². The minimum absolute atomic E-state index is 0.00511. The Balaban J connectivity index is 2.09. The van der Waals surface area contributed by atoms with Crippen molar-refractivity contribution < 1.29 is 14.3 Å². The molecule has 0 spiro atoms. The molecule has 0 saturated heterocycles. The number of thiophene rings is 1. The average Bonchev–Trinajstić information content (AvgIpc) is 2.76. The Morgan fingerprint density at radius 2 is 1.90 bits per heavy atom. The highest BCUT2D eigenvalue weighted by atomic mass is 32.1. The van der Waals surface area contributed by atoms with Gasteiger partial charge in [-0.3, -0.25) is 4.79 Å². The molecule has 2 aromatic rings. The molecule has 0 aliphatic carbocycles. The quantitative estimate of drug-likeness (QED) is 0.782. The van der Waals surface area contributed by atoms with Crippen molar-refractivity contribution in [3.05, 3.63) is 45.1 Å². The number of aryl methyl sites for hydroxylation is 3. The number of carbonyl (C=O) groups excluding carboxylic acids is 1. The van der Waals surface area contributed by atoms with Crippen LogP contribution >= 0.6 is 11.3 Å². The van der Waals surface area contributed by atoms with Crippen LogP contribution < -0.4 is 9.47 Å². The summed E-state index contributed by atoms with van der Waals surface area (Å²) in [6, 6.07) is 7.56. The highest BCUT2D eigenvalue weighted by Gasteiger charge is 2.14. The minimum atomic E-state index is -0.00511. The summed E-state index contributed by atoms with van der Waals surface area (Å²) in [7, 11) is 1.59. The molecule has 0 saturated carbocycles. The fraction of sp³-hybridized carbons (Fsp3) is 0.312. The SMILES string of the molecule is COc1cc(C)ccc1OCC(=O)c1cc(C)sc1C. The number of hydrogen-bond acceptors (Lipinski definition) is 4. The van der Waals surface area contributed by atoms with E-state index in [1.807, 2.05) is 45.0 Å². The number of carbonyl (C=O) groups is 1. The van der Waals surface area contributed by atoms with Gasteiger partial charge in [-0.25, -0.2) is 0 Å². The van der Waals surface area contributed by atoms with Gasteiger partial charge >= 0.3 is 0 Å². The van der Waals surface area contributed by atoms with E-state index in [0.29, 0.717) is 11.5 Å². The normalized spacial score (nSPS) is 10.4. The molecule has 0 amide bonds. The van der Waals surface area contributed by atoms with E-state index in [2.05, 4.69) is 0 Å². The summed E-state index contributed by atoms with van der Waals surface area (Å²) >= 11 is 1.63. The molecule has 0 atom stereocenters. The Labute approximate surface area is 123 Å². The maximum Gasteiger partial charge on any atom is 0.201 e. The van der Waals surface area contributed by atoms with Crippen LogP contribution in [0.3, 0.4) is 0 Å². The fourth-order valence-corrected chi connectivity index (χ4v) is 2.97. The molecule has 20 heavy (non-hydrogen) atoms. The van der Waals surface area contributed by atoms with Crippen molar-refractivity contribution in [1.29, 1.82) is 0 Å². The Bertz CT molecular complexity index is 629. The second-order valence-electron chi connectivity index (χ2n) is 4.69. The maximum atomic E-state index is 12.2. The molecule has 4 heteroatoms. The molecule has 0 aliphatic rings. The maximum absolute atomic E-state index is 12.2. The van der Waals surface area contributed by atoms with Gasteiger partial charge in [0.15, 0.2) is 18.1 Å². The van der Waals surface area contributed by atoms with Gasteiger partial charge in [-0.1, -0.05) is 6.07 Å². The molecule has 0 unspecified atom stereocenters. The molecular formula is C16H18O3S. The molecule has 0 aliphatic heterocycles. The molecule has 0 radical (unpaired) electrons. The second-order valence-corrected chi connectivity index (χ2v) is 6.15. The Hall–Kier alpha value is -1.81. The molecule has 0 N–H and O–H groups in total. The van der Waals surface area contributed by atoms with Crippen molar-refractivity contribution in [1.82, 2.24) is 0 Å². The lowest BCUT2D eigenvalue weighted by molar-refractivity contribution is 0.0919. The van der Waals surface area contributed by atoms with Crippen LogP contribution in [-0.4, -0.2) is 19.5 Å². The molecule has 1 aromatic heterocycles. The highest BCUT2D eigenvalue weighted by molar-refractivity contribution is 7.12. The van der Waals surface area contributed by atoms with E-state index in [0.717, 1.165) is 20.9 Å². The van der Waals surface area contributed by atoms with Crippen molar-refractivity contribution >= 4 is 17.1 Å². The zero-order valence-corrected chi connectivity index (χ0v) is 13.0. The third-order valence-corrected chi connectivity index (χ3v) is 3.99. The largest absolute Gasteiger partial charge is 0.493 e. The molecule has 3 nitrogen and oxygen atoms in total. The fourth-order valence-electron chi connectivity index (χ4n) is 2.02. The average molecular weight is 290 g/mol. The van der Waals surface area contributed by atoms with E-state index < -0.39 is 0 Å². The van der Waals surface area contributed by atoms with Gasteiger partial charge in [0.1, 0.15) is 0 Å². The van der Waals surface area contributed by atoms with Crippen molar-refractivity contribution in [3.8, 4) is 11.5 Å². The number of ether oxygens (including phenoxy) is 2.